The molecule has 0 aromatic carbocycles. The van der Waals surface area contributed by atoms with Crippen molar-refractivity contribution in [3.8, 4) is 0 Å². The molecule has 1 heterocycles. The van der Waals surface area contributed by atoms with Crippen molar-refractivity contribution < 1.29 is 9.53 Å². The summed E-state index contributed by atoms with van der Waals surface area (Å²) in [6.07, 6.45) is 3.53. The smallest absolute Gasteiger partial charge is 0.323 e. The van der Waals surface area contributed by atoms with Crippen molar-refractivity contribution in [2.45, 2.75) is 38.8 Å². The number of hydrogen-bond acceptors (Lipinski definition) is 4. The van der Waals surface area contributed by atoms with Crippen molar-refractivity contribution in [3.05, 3.63) is 29.0 Å². The van der Waals surface area contributed by atoms with Crippen LogP contribution in [-0.4, -0.2) is 22.6 Å². The summed E-state index contributed by atoms with van der Waals surface area (Å²) in [6, 6.07) is 1.04. The van der Waals surface area contributed by atoms with Gasteiger partial charge in [0.1, 0.15) is 11.6 Å². The molecule has 4 nitrogen and oxygen atoms in total. The number of hydrogen-bond donors (Lipinski definition) is 1. The summed E-state index contributed by atoms with van der Waals surface area (Å²) in [6.45, 7) is 5.41. The van der Waals surface area contributed by atoms with Crippen LogP contribution in [0.25, 0.3) is 0 Å². The first-order chi connectivity index (χ1) is 7.78. The van der Waals surface area contributed by atoms with E-state index in [4.69, 9.17) is 22.1 Å². The highest BCUT2D eigenvalue weighted by Crippen LogP contribution is 2.12. The van der Waals surface area contributed by atoms with E-state index in [0.717, 1.165) is 5.56 Å². The fraction of sp³-hybridized carbons (Fsp3) is 0.500. The van der Waals surface area contributed by atoms with Gasteiger partial charge in [-0.3, -0.25) is 9.78 Å². The molecule has 1 rings (SSSR count). The SMILES string of the molecule is CC(C)(C)OC(=O)C(N)Cc1cncc(Cl)c1. The lowest BCUT2D eigenvalue weighted by molar-refractivity contribution is -0.156. The maximum Gasteiger partial charge on any atom is 0.323 e. The lowest BCUT2D eigenvalue weighted by atomic mass is 10.1. The number of esters is 1. The van der Waals surface area contributed by atoms with Gasteiger partial charge < -0.3 is 10.5 Å². The Morgan fingerprint density at radius 3 is 2.71 bits per heavy atom. The molecule has 0 fully saturated rings. The number of carbonyl (C=O) groups is 1. The molecular weight excluding hydrogens is 240 g/mol. The molecule has 0 aliphatic heterocycles. The number of nitrogens with two attached hydrogens (primary N) is 1. The average molecular weight is 257 g/mol. The summed E-state index contributed by atoms with van der Waals surface area (Å²) < 4.78 is 5.18. The molecule has 1 aromatic rings. The van der Waals surface area contributed by atoms with Gasteiger partial charge in [0.15, 0.2) is 0 Å². The molecule has 2 N–H and O–H groups in total. The summed E-state index contributed by atoms with van der Waals surface area (Å²) >= 11 is 5.79. The van der Waals surface area contributed by atoms with Crippen LogP contribution in [0.15, 0.2) is 18.5 Å². The summed E-state index contributed by atoms with van der Waals surface area (Å²) in [5.41, 5.74) is 6.05. The first-order valence-corrected chi connectivity index (χ1v) is 5.73. The lowest BCUT2D eigenvalue weighted by Crippen LogP contribution is -2.38. The second-order valence-electron chi connectivity index (χ2n) is 4.86. The van der Waals surface area contributed by atoms with Gasteiger partial charge in [0.25, 0.3) is 0 Å². The fourth-order valence-electron chi connectivity index (χ4n) is 1.28. The van der Waals surface area contributed by atoms with E-state index < -0.39 is 17.6 Å². The maximum atomic E-state index is 11.6. The second kappa shape index (κ2) is 5.47. The average Bonchev–Trinajstić information content (AvgIpc) is 2.14. The van der Waals surface area contributed by atoms with E-state index in [2.05, 4.69) is 4.98 Å². The van der Waals surface area contributed by atoms with Gasteiger partial charge in [0, 0.05) is 12.4 Å². The Kier molecular flexibility index (Phi) is 4.48. The molecule has 0 aliphatic carbocycles. The van der Waals surface area contributed by atoms with Crippen LogP contribution in [-0.2, 0) is 16.0 Å². The van der Waals surface area contributed by atoms with Crippen molar-refractivity contribution in [3.63, 3.8) is 0 Å². The van der Waals surface area contributed by atoms with Crippen LogP contribution in [0.1, 0.15) is 26.3 Å². The van der Waals surface area contributed by atoms with Crippen LogP contribution in [0.3, 0.4) is 0 Å². The van der Waals surface area contributed by atoms with E-state index >= 15 is 0 Å². The minimum atomic E-state index is -0.700. The Morgan fingerprint density at radius 1 is 1.53 bits per heavy atom. The topological polar surface area (TPSA) is 65.2 Å². The summed E-state index contributed by atoms with van der Waals surface area (Å²) in [5, 5.41) is 0.527. The highest BCUT2D eigenvalue weighted by Gasteiger charge is 2.22. The molecule has 1 atom stereocenters. The maximum absolute atomic E-state index is 11.6. The third kappa shape index (κ3) is 5.15. The third-order valence-corrected chi connectivity index (χ3v) is 2.13. The van der Waals surface area contributed by atoms with Gasteiger partial charge in [0.2, 0.25) is 0 Å². The molecule has 0 spiro atoms. The van der Waals surface area contributed by atoms with E-state index in [-0.39, 0.29) is 0 Å². The molecule has 0 saturated heterocycles. The van der Waals surface area contributed by atoms with Crippen LogP contribution >= 0.6 is 11.6 Å². The van der Waals surface area contributed by atoms with E-state index in [1.807, 2.05) is 0 Å². The van der Waals surface area contributed by atoms with Crippen molar-refractivity contribution >= 4 is 17.6 Å². The first kappa shape index (κ1) is 13.9. The Balaban J connectivity index is 2.60. The first-order valence-electron chi connectivity index (χ1n) is 5.36. The molecule has 1 unspecified atom stereocenters. The highest BCUT2D eigenvalue weighted by atomic mass is 35.5. The summed E-state index contributed by atoms with van der Waals surface area (Å²) in [4.78, 5) is 15.6. The van der Waals surface area contributed by atoms with Crippen LogP contribution in [0.4, 0.5) is 0 Å². The molecule has 0 amide bonds. The minimum absolute atomic E-state index is 0.364. The molecule has 1 aromatic heterocycles. The Morgan fingerprint density at radius 2 is 2.18 bits per heavy atom. The summed E-state index contributed by atoms with van der Waals surface area (Å²) in [7, 11) is 0. The Labute approximate surface area is 106 Å². The van der Waals surface area contributed by atoms with Crippen LogP contribution in [0.5, 0.6) is 0 Å². The number of nitrogens with zero attached hydrogens (tertiary/aromatic N) is 1. The largest absolute Gasteiger partial charge is 0.459 e. The van der Waals surface area contributed by atoms with Gasteiger partial charge in [0.05, 0.1) is 5.02 Å². The van der Waals surface area contributed by atoms with Gasteiger partial charge in [-0.2, -0.15) is 0 Å². The molecule has 17 heavy (non-hydrogen) atoms. The minimum Gasteiger partial charge on any atom is -0.459 e. The van der Waals surface area contributed by atoms with Gasteiger partial charge in [-0.15, -0.1) is 0 Å². The van der Waals surface area contributed by atoms with Crippen molar-refractivity contribution in [1.29, 1.82) is 0 Å². The number of carbonyl (C=O) groups excluding carboxylic acids is 1. The van der Waals surface area contributed by atoms with E-state index in [1.165, 1.54) is 6.20 Å². The van der Waals surface area contributed by atoms with Gasteiger partial charge in [-0.1, -0.05) is 11.6 Å². The predicted octanol–water partition coefficient (Wildman–Crippen LogP) is 1.95. The molecule has 0 aliphatic rings. The predicted molar refractivity (Wildman–Crippen MR) is 66.8 cm³/mol. The number of aromatic nitrogens is 1. The van der Waals surface area contributed by atoms with E-state index in [1.54, 1.807) is 33.0 Å². The number of halogens is 1. The highest BCUT2D eigenvalue weighted by molar-refractivity contribution is 6.30. The molecule has 5 heteroatoms. The molecular formula is C12H17ClN2O2. The zero-order valence-corrected chi connectivity index (χ0v) is 11.0. The second-order valence-corrected chi connectivity index (χ2v) is 5.29. The van der Waals surface area contributed by atoms with Gasteiger partial charge in [-0.05, 0) is 38.8 Å². The zero-order chi connectivity index (χ0) is 13.1. The third-order valence-electron chi connectivity index (χ3n) is 1.93. The van der Waals surface area contributed by atoms with Gasteiger partial charge >= 0.3 is 5.97 Å². The summed E-state index contributed by atoms with van der Waals surface area (Å²) in [5.74, 6) is -0.419. The fourth-order valence-corrected chi connectivity index (χ4v) is 1.48. The van der Waals surface area contributed by atoms with Crippen molar-refractivity contribution in [1.82, 2.24) is 4.98 Å². The Hall–Kier alpha value is -1.13. The molecule has 0 bridgehead atoms. The standard InChI is InChI=1S/C12H17ClN2O2/c1-12(2,3)17-11(16)10(14)5-8-4-9(13)7-15-6-8/h4,6-7,10H,5,14H2,1-3H3. The normalized spacial score (nSPS) is 13.2. The van der Waals surface area contributed by atoms with Crippen LogP contribution in [0, 0.1) is 0 Å². The quantitative estimate of drug-likeness (QED) is 0.840. The van der Waals surface area contributed by atoms with E-state index in [0.29, 0.717) is 11.4 Å². The van der Waals surface area contributed by atoms with Gasteiger partial charge in [-0.25, -0.2) is 0 Å². The zero-order valence-electron chi connectivity index (χ0n) is 10.2. The monoisotopic (exact) mass is 256 g/mol. The van der Waals surface area contributed by atoms with Crippen LogP contribution in [0.2, 0.25) is 5.02 Å². The number of rotatable bonds is 3. The van der Waals surface area contributed by atoms with Crippen molar-refractivity contribution in [2.75, 3.05) is 0 Å². The lowest BCUT2D eigenvalue weighted by Gasteiger charge is -2.22. The molecule has 0 saturated carbocycles. The van der Waals surface area contributed by atoms with Crippen molar-refractivity contribution in [2.24, 2.45) is 5.73 Å². The number of pyridine rings is 1. The molecule has 94 valence electrons. The molecule has 0 radical (unpaired) electrons. The Bertz CT molecular complexity index is 402. The number of ether oxygens (including phenoxy) is 1. The van der Waals surface area contributed by atoms with E-state index in [9.17, 15) is 4.79 Å². The van der Waals surface area contributed by atoms with Crippen LogP contribution < -0.4 is 5.73 Å².